The zero-order valence-corrected chi connectivity index (χ0v) is 14.5. The number of methoxy groups -OCH3 is 1. The SMILES string of the molecule is COc1cccc(C(=O)OCC(=O)NC(=O)c2ccc(OC(F)F)cc2)c1O. The molecule has 0 saturated carbocycles. The highest BCUT2D eigenvalue weighted by molar-refractivity contribution is 6.05. The Labute approximate surface area is 157 Å². The number of halogens is 2. The van der Waals surface area contributed by atoms with Crippen LogP contribution in [-0.4, -0.2) is 43.2 Å². The quantitative estimate of drug-likeness (QED) is 0.691. The number of aromatic hydroxyl groups is 1. The molecule has 2 rings (SSSR count). The average Bonchev–Trinajstić information content (AvgIpc) is 2.66. The van der Waals surface area contributed by atoms with Crippen LogP contribution in [0, 0.1) is 0 Å². The molecular formula is C18H15F2NO7. The molecule has 0 aliphatic carbocycles. The summed E-state index contributed by atoms with van der Waals surface area (Å²) in [7, 11) is 1.30. The summed E-state index contributed by atoms with van der Waals surface area (Å²) in [5.41, 5.74) is -0.208. The topological polar surface area (TPSA) is 111 Å². The molecule has 0 atom stereocenters. The first-order valence-electron chi connectivity index (χ1n) is 7.74. The maximum absolute atomic E-state index is 12.1. The van der Waals surface area contributed by atoms with Gasteiger partial charge in [-0.1, -0.05) is 6.07 Å². The van der Waals surface area contributed by atoms with Gasteiger partial charge in [0.25, 0.3) is 11.8 Å². The molecule has 0 spiro atoms. The highest BCUT2D eigenvalue weighted by atomic mass is 19.3. The molecule has 0 saturated heterocycles. The summed E-state index contributed by atoms with van der Waals surface area (Å²) in [6.07, 6.45) is 0. The summed E-state index contributed by atoms with van der Waals surface area (Å²) >= 11 is 0. The number of benzene rings is 2. The van der Waals surface area contributed by atoms with Crippen LogP contribution in [0.3, 0.4) is 0 Å². The number of phenolic OH excluding ortho intramolecular Hbond substituents is 1. The fraction of sp³-hybridized carbons (Fsp3) is 0.167. The Balaban J connectivity index is 1.90. The summed E-state index contributed by atoms with van der Waals surface area (Å²) < 4.78 is 37.9. The lowest BCUT2D eigenvalue weighted by Gasteiger charge is -2.09. The van der Waals surface area contributed by atoms with Gasteiger partial charge in [-0.05, 0) is 36.4 Å². The monoisotopic (exact) mass is 395 g/mol. The minimum atomic E-state index is -3.00. The Kier molecular flexibility index (Phi) is 6.85. The van der Waals surface area contributed by atoms with Gasteiger partial charge in [-0.15, -0.1) is 0 Å². The number of nitrogens with one attached hydrogen (secondary N) is 1. The van der Waals surface area contributed by atoms with Crippen LogP contribution in [0.2, 0.25) is 0 Å². The van der Waals surface area contributed by atoms with Gasteiger partial charge in [-0.3, -0.25) is 14.9 Å². The molecule has 0 fully saturated rings. The van der Waals surface area contributed by atoms with Crippen molar-refractivity contribution in [3.63, 3.8) is 0 Å². The van der Waals surface area contributed by atoms with Crippen molar-refractivity contribution in [2.24, 2.45) is 0 Å². The Hall–Kier alpha value is -3.69. The zero-order valence-electron chi connectivity index (χ0n) is 14.5. The highest BCUT2D eigenvalue weighted by Crippen LogP contribution is 2.29. The van der Waals surface area contributed by atoms with E-state index in [9.17, 15) is 28.3 Å². The Morgan fingerprint density at radius 3 is 2.39 bits per heavy atom. The number of rotatable bonds is 7. The minimum absolute atomic E-state index is 0.00623. The van der Waals surface area contributed by atoms with Crippen molar-refractivity contribution in [1.29, 1.82) is 0 Å². The summed E-state index contributed by atoms with van der Waals surface area (Å²) in [6.45, 7) is -3.78. The number of alkyl halides is 2. The predicted molar refractivity (Wildman–Crippen MR) is 90.5 cm³/mol. The van der Waals surface area contributed by atoms with E-state index in [0.717, 1.165) is 12.1 Å². The third kappa shape index (κ3) is 5.40. The van der Waals surface area contributed by atoms with Crippen molar-refractivity contribution in [2.45, 2.75) is 6.61 Å². The molecule has 2 aromatic rings. The predicted octanol–water partition coefficient (Wildman–Crippen LogP) is 2.12. The Bertz CT molecular complexity index is 869. The van der Waals surface area contributed by atoms with Crippen LogP contribution in [0.5, 0.6) is 17.2 Å². The second-order valence-electron chi connectivity index (χ2n) is 5.21. The lowest BCUT2D eigenvalue weighted by atomic mass is 10.2. The number of carbonyl (C=O) groups excluding carboxylic acids is 3. The van der Waals surface area contributed by atoms with Gasteiger partial charge in [0.1, 0.15) is 11.3 Å². The number of esters is 1. The van der Waals surface area contributed by atoms with Gasteiger partial charge in [-0.25, -0.2) is 4.79 Å². The van der Waals surface area contributed by atoms with Crippen LogP contribution < -0.4 is 14.8 Å². The number of para-hydroxylation sites is 1. The fourth-order valence-electron chi connectivity index (χ4n) is 2.08. The molecule has 0 heterocycles. The van der Waals surface area contributed by atoms with Crippen LogP contribution in [0.1, 0.15) is 20.7 Å². The zero-order chi connectivity index (χ0) is 20.7. The van der Waals surface area contributed by atoms with Gasteiger partial charge in [0, 0.05) is 5.56 Å². The van der Waals surface area contributed by atoms with E-state index in [1.165, 1.54) is 37.4 Å². The van der Waals surface area contributed by atoms with E-state index in [4.69, 9.17) is 9.47 Å². The van der Waals surface area contributed by atoms with Crippen molar-refractivity contribution in [3.8, 4) is 17.2 Å². The third-order valence-corrected chi connectivity index (χ3v) is 3.37. The first-order chi connectivity index (χ1) is 13.3. The largest absolute Gasteiger partial charge is 0.504 e. The molecule has 148 valence electrons. The molecule has 28 heavy (non-hydrogen) atoms. The Morgan fingerprint density at radius 2 is 1.79 bits per heavy atom. The number of carbonyl (C=O) groups is 3. The van der Waals surface area contributed by atoms with E-state index in [1.54, 1.807) is 0 Å². The van der Waals surface area contributed by atoms with Crippen LogP contribution in [0.15, 0.2) is 42.5 Å². The normalized spacial score (nSPS) is 10.3. The molecule has 2 N–H and O–H groups in total. The number of ether oxygens (including phenoxy) is 3. The number of amides is 2. The summed E-state index contributed by atoms with van der Waals surface area (Å²) in [4.78, 5) is 35.6. The molecular weight excluding hydrogens is 380 g/mol. The second kappa shape index (κ2) is 9.31. The Morgan fingerprint density at radius 1 is 1.11 bits per heavy atom. The van der Waals surface area contributed by atoms with Crippen LogP contribution >= 0.6 is 0 Å². The van der Waals surface area contributed by atoms with E-state index < -0.39 is 36.8 Å². The van der Waals surface area contributed by atoms with Crippen molar-refractivity contribution >= 4 is 17.8 Å². The minimum Gasteiger partial charge on any atom is -0.504 e. The van der Waals surface area contributed by atoms with E-state index in [-0.39, 0.29) is 22.6 Å². The number of phenols is 1. The highest BCUT2D eigenvalue weighted by Gasteiger charge is 2.18. The summed E-state index contributed by atoms with van der Waals surface area (Å²) in [5, 5.41) is 11.8. The van der Waals surface area contributed by atoms with Crippen LogP contribution in [0.4, 0.5) is 8.78 Å². The van der Waals surface area contributed by atoms with Crippen molar-refractivity contribution in [2.75, 3.05) is 13.7 Å². The van der Waals surface area contributed by atoms with E-state index in [1.807, 2.05) is 5.32 Å². The molecule has 2 aromatic carbocycles. The van der Waals surface area contributed by atoms with E-state index in [0.29, 0.717) is 0 Å². The number of hydrogen-bond acceptors (Lipinski definition) is 7. The second-order valence-corrected chi connectivity index (χ2v) is 5.21. The van der Waals surface area contributed by atoms with Gasteiger partial charge in [0.05, 0.1) is 7.11 Å². The van der Waals surface area contributed by atoms with Gasteiger partial charge >= 0.3 is 12.6 Å². The lowest BCUT2D eigenvalue weighted by molar-refractivity contribution is -0.123. The molecule has 0 aliphatic rings. The van der Waals surface area contributed by atoms with Crippen molar-refractivity contribution in [1.82, 2.24) is 5.32 Å². The fourth-order valence-corrected chi connectivity index (χ4v) is 2.08. The first-order valence-corrected chi connectivity index (χ1v) is 7.74. The smallest absolute Gasteiger partial charge is 0.387 e. The molecule has 0 bridgehead atoms. The molecule has 10 heteroatoms. The van der Waals surface area contributed by atoms with Gasteiger partial charge in [0.2, 0.25) is 0 Å². The molecule has 0 unspecified atom stereocenters. The maximum Gasteiger partial charge on any atom is 0.387 e. The van der Waals surface area contributed by atoms with Crippen molar-refractivity contribution < 1.29 is 42.5 Å². The number of hydrogen-bond donors (Lipinski definition) is 2. The van der Waals surface area contributed by atoms with Gasteiger partial charge in [0.15, 0.2) is 18.1 Å². The van der Waals surface area contributed by atoms with Gasteiger partial charge < -0.3 is 19.3 Å². The standard InChI is InChI=1S/C18H15F2NO7/c1-26-13-4-2-3-12(15(13)23)17(25)27-9-14(22)21-16(24)10-5-7-11(8-6-10)28-18(19)20/h2-8,18,23H,9H2,1H3,(H,21,22,24). The van der Waals surface area contributed by atoms with E-state index >= 15 is 0 Å². The maximum atomic E-state index is 12.1. The van der Waals surface area contributed by atoms with Crippen molar-refractivity contribution in [3.05, 3.63) is 53.6 Å². The van der Waals surface area contributed by atoms with E-state index in [2.05, 4.69) is 4.74 Å². The molecule has 0 aromatic heterocycles. The summed E-state index contributed by atoms with van der Waals surface area (Å²) in [5.74, 6) is -3.29. The van der Waals surface area contributed by atoms with Gasteiger partial charge in [-0.2, -0.15) is 8.78 Å². The first kappa shape index (κ1) is 20.6. The molecule has 0 radical (unpaired) electrons. The summed E-state index contributed by atoms with van der Waals surface area (Å²) in [6, 6.07) is 8.77. The third-order valence-electron chi connectivity index (χ3n) is 3.37. The molecule has 8 nitrogen and oxygen atoms in total. The lowest BCUT2D eigenvalue weighted by Crippen LogP contribution is -2.34. The van der Waals surface area contributed by atoms with Crippen LogP contribution in [-0.2, 0) is 9.53 Å². The number of imide groups is 1. The van der Waals surface area contributed by atoms with Crippen LogP contribution in [0.25, 0.3) is 0 Å². The average molecular weight is 395 g/mol. The molecule has 2 amide bonds. The molecule has 0 aliphatic heterocycles.